The third-order valence-electron chi connectivity index (χ3n) is 6.33. The maximum absolute atomic E-state index is 13.8. The molecule has 1 amide bonds. The lowest BCUT2D eigenvalue weighted by Gasteiger charge is -2.17. The number of carbonyl (C=O) groups excluding carboxylic acids is 1. The first kappa shape index (κ1) is 25.2. The summed E-state index contributed by atoms with van der Waals surface area (Å²) in [5, 5.41) is 2.94. The van der Waals surface area contributed by atoms with Crippen molar-refractivity contribution in [2.75, 3.05) is 12.8 Å². The normalized spacial score (nSPS) is 12.5. The lowest BCUT2D eigenvalue weighted by molar-refractivity contribution is 0.0937. The van der Waals surface area contributed by atoms with Crippen LogP contribution in [-0.2, 0) is 16.4 Å². The Hall–Kier alpha value is -4.44. The number of rotatable bonds is 7. The van der Waals surface area contributed by atoms with Crippen LogP contribution >= 0.6 is 0 Å². The number of nitrogen functional groups attached to an aromatic ring is 1. The number of hydrogen-bond donors (Lipinski definition) is 2. The van der Waals surface area contributed by atoms with Gasteiger partial charge in [-0.15, -0.1) is 0 Å². The fourth-order valence-electron chi connectivity index (χ4n) is 4.34. The van der Waals surface area contributed by atoms with Gasteiger partial charge in [0.1, 0.15) is 22.0 Å². The van der Waals surface area contributed by atoms with E-state index in [-0.39, 0.29) is 33.6 Å². The molecule has 0 unspecified atom stereocenters. The summed E-state index contributed by atoms with van der Waals surface area (Å²) in [6.45, 7) is 3.88. The van der Waals surface area contributed by atoms with Crippen LogP contribution in [0, 0.1) is 6.92 Å². The maximum Gasteiger partial charge on any atom is 0.251 e. The zero-order valence-electron chi connectivity index (χ0n) is 21.2. The number of amides is 1. The monoisotopic (exact) mass is 529 g/mol. The van der Waals surface area contributed by atoms with Crippen molar-refractivity contribution < 1.29 is 17.9 Å². The predicted molar refractivity (Wildman–Crippen MR) is 146 cm³/mol. The molecule has 0 saturated carbocycles. The van der Waals surface area contributed by atoms with Crippen LogP contribution in [0.4, 0.5) is 5.82 Å². The smallest absolute Gasteiger partial charge is 0.251 e. The third kappa shape index (κ3) is 4.54. The zero-order chi connectivity index (χ0) is 27.0. The Morgan fingerprint density at radius 1 is 1.00 bits per heavy atom. The largest absolute Gasteiger partial charge is 0.497 e. The number of benzene rings is 3. The van der Waals surface area contributed by atoms with Crippen LogP contribution in [0.5, 0.6) is 5.75 Å². The van der Waals surface area contributed by atoms with Gasteiger partial charge >= 0.3 is 0 Å². The molecule has 3 N–H and O–H groups in total. The number of ether oxygens (including phenoxy) is 1. The van der Waals surface area contributed by atoms with Gasteiger partial charge in [-0.05, 0) is 62.4 Å². The van der Waals surface area contributed by atoms with Gasteiger partial charge in [0.2, 0.25) is 9.84 Å². The Labute approximate surface area is 220 Å². The Morgan fingerprint density at radius 2 is 1.63 bits per heavy atom. The molecule has 2 heterocycles. The molecule has 5 aromatic rings. The molecule has 38 heavy (non-hydrogen) atoms. The second-order valence-electron chi connectivity index (χ2n) is 9.13. The maximum atomic E-state index is 13.8. The minimum atomic E-state index is -4.02. The van der Waals surface area contributed by atoms with E-state index in [2.05, 4.69) is 10.3 Å². The van der Waals surface area contributed by atoms with Crippen molar-refractivity contribution in [3.63, 3.8) is 0 Å². The van der Waals surface area contributed by atoms with Gasteiger partial charge < -0.3 is 20.4 Å². The first-order chi connectivity index (χ1) is 18.2. The van der Waals surface area contributed by atoms with E-state index < -0.39 is 15.9 Å². The van der Waals surface area contributed by atoms with Gasteiger partial charge in [-0.2, -0.15) is 0 Å². The number of methoxy groups -OCH3 is 1. The lowest BCUT2D eigenvalue weighted by Crippen LogP contribution is -2.36. The summed E-state index contributed by atoms with van der Waals surface area (Å²) in [5.74, 6) is 0.384. The molecule has 3 aromatic carbocycles. The summed E-state index contributed by atoms with van der Waals surface area (Å²) in [4.78, 5) is 22.2. The van der Waals surface area contributed by atoms with E-state index in [1.165, 1.54) is 0 Å². The summed E-state index contributed by atoms with van der Waals surface area (Å²) in [7, 11) is -2.46. The van der Waals surface area contributed by atoms with Gasteiger partial charge in [0.25, 0.3) is 5.91 Å². The molecule has 0 aliphatic heterocycles. The summed E-state index contributed by atoms with van der Waals surface area (Å²) in [6.07, 6.45) is 0. The Kier molecular flexibility index (Phi) is 6.50. The SMILES string of the molecule is COc1ccc(C(=O)N[C@H](C)Cn2c(N)c(S(=O)(=O)c3ccc(C)cc3)c3nc4ccccc4nc32)cc1. The van der Waals surface area contributed by atoms with E-state index in [4.69, 9.17) is 15.5 Å². The van der Waals surface area contributed by atoms with Crippen LogP contribution < -0.4 is 15.8 Å². The first-order valence-electron chi connectivity index (χ1n) is 12.0. The Balaban J connectivity index is 1.57. The van der Waals surface area contributed by atoms with Crippen LogP contribution in [0.25, 0.3) is 22.2 Å². The van der Waals surface area contributed by atoms with Crippen molar-refractivity contribution in [1.82, 2.24) is 19.9 Å². The van der Waals surface area contributed by atoms with E-state index in [1.807, 2.05) is 26.0 Å². The third-order valence-corrected chi connectivity index (χ3v) is 8.17. The highest BCUT2D eigenvalue weighted by atomic mass is 32.2. The fraction of sp³-hybridized carbons (Fsp3) is 0.179. The first-order valence-corrected chi connectivity index (χ1v) is 13.5. The number of para-hydroxylation sites is 2. The molecule has 5 rings (SSSR count). The quantitative estimate of drug-likeness (QED) is 0.324. The summed E-state index contributed by atoms with van der Waals surface area (Å²) >= 11 is 0. The van der Waals surface area contributed by atoms with Crippen LogP contribution in [0.1, 0.15) is 22.8 Å². The number of hydrogen-bond acceptors (Lipinski definition) is 7. The van der Waals surface area contributed by atoms with Crippen LogP contribution in [0.15, 0.2) is 82.6 Å². The molecule has 0 bridgehead atoms. The summed E-state index contributed by atoms with van der Waals surface area (Å²) in [6, 6.07) is 20.2. The molecule has 0 radical (unpaired) electrons. The molecule has 10 heteroatoms. The number of aryl methyl sites for hydroxylation is 1. The number of aromatic nitrogens is 3. The van der Waals surface area contributed by atoms with Crippen molar-refractivity contribution in [2.45, 2.75) is 36.2 Å². The average molecular weight is 530 g/mol. The van der Waals surface area contributed by atoms with Gasteiger partial charge in [-0.25, -0.2) is 18.4 Å². The van der Waals surface area contributed by atoms with Gasteiger partial charge in [0, 0.05) is 18.2 Å². The standard InChI is InChI=1S/C28H27N5O4S/c1-17-8-14-21(15-9-17)38(35,36)25-24-27(32-23-7-5-4-6-22(23)31-24)33(26(25)29)16-18(2)30-28(34)19-10-12-20(37-3)13-11-19/h4-15,18H,16,29H2,1-3H3,(H,30,34)/t18-/m1/s1. The highest BCUT2D eigenvalue weighted by Gasteiger charge is 2.30. The molecular weight excluding hydrogens is 502 g/mol. The molecule has 2 aromatic heterocycles. The molecule has 9 nitrogen and oxygen atoms in total. The van der Waals surface area contributed by atoms with Gasteiger partial charge in [-0.1, -0.05) is 29.8 Å². The number of nitrogens with one attached hydrogen (secondary N) is 1. The van der Waals surface area contributed by atoms with Crippen LogP contribution in [0.3, 0.4) is 0 Å². The molecule has 1 atom stereocenters. The summed E-state index contributed by atoms with van der Waals surface area (Å²) in [5.41, 5.74) is 9.62. The molecule has 0 aliphatic rings. The average Bonchev–Trinajstić information content (AvgIpc) is 3.18. The zero-order valence-corrected chi connectivity index (χ0v) is 22.0. The fourth-order valence-corrected chi connectivity index (χ4v) is 5.85. The van der Waals surface area contributed by atoms with E-state index in [0.29, 0.717) is 28.0 Å². The van der Waals surface area contributed by atoms with Crippen molar-refractivity contribution in [1.29, 1.82) is 0 Å². The van der Waals surface area contributed by atoms with Crippen LogP contribution in [0.2, 0.25) is 0 Å². The number of nitrogens with two attached hydrogens (primary N) is 1. The second-order valence-corrected chi connectivity index (χ2v) is 11.0. The highest BCUT2D eigenvalue weighted by molar-refractivity contribution is 7.92. The summed E-state index contributed by atoms with van der Waals surface area (Å²) < 4.78 is 34.3. The number of carbonyl (C=O) groups is 1. The number of anilines is 1. The molecule has 0 fully saturated rings. The van der Waals surface area contributed by atoms with Crippen LogP contribution in [-0.4, -0.2) is 42.0 Å². The minimum absolute atomic E-state index is 0.0152. The van der Waals surface area contributed by atoms with Crippen molar-refractivity contribution >= 4 is 43.8 Å². The topological polar surface area (TPSA) is 129 Å². The van der Waals surface area contributed by atoms with Crippen molar-refractivity contribution in [3.8, 4) is 5.75 Å². The van der Waals surface area contributed by atoms with Gasteiger partial charge in [0.15, 0.2) is 5.65 Å². The van der Waals surface area contributed by atoms with E-state index in [9.17, 15) is 13.2 Å². The number of fused-ring (bicyclic) bond motifs is 2. The van der Waals surface area contributed by atoms with E-state index >= 15 is 0 Å². The molecule has 0 aliphatic carbocycles. The predicted octanol–water partition coefficient (Wildman–Crippen LogP) is 4.14. The molecular formula is C28H27N5O4S. The van der Waals surface area contributed by atoms with Crippen molar-refractivity contribution in [2.24, 2.45) is 0 Å². The number of nitrogens with zero attached hydrogens (tertiary/aromatic N) is 3. The molecule has 194 valence electrons. The van der Waals surface area contributed by atoms with Gasteiger partial charge in [0.05, 0.1) is 23.0 Å². The Morgan fingerprint density at radius 3 is 2.26 bits per heavy atom. The molecule has 0 saturated heterocycles. The second kappa shape index (κ2) is 9.79. The van der Waals surface area contributed by atoms with Crippen molar-refractivity contribution in [3.05, 3.63) is 83.9 Å². The lowest BCUT2D eigenvalue weighted by atomic mass is 10.2. The number of sulfone groups is 1. The van der Waals surface area contributed by atoms with Gasteiger partial charge in [-0.3, -0.25) is 4.79 Å². The minimum Gasteiger partial charge on any atom is -0.497 e. The Bertz CT molecular complexity index is 1760. The highest BCUT2D eigenvalue weighted by Crippen LogP contribution is 2.35. The molecule has 0 spiro atoms. The van der Waals surface area contributed by atoms with E-state index in [0.717, 1.165) is 5.56 Å². The van der Waals surface area contributed by atoms with E-state index in [1.54, 1.807) is 72.3 Å².